The van der Waals surface area contributed by atoms with E-state index in [1.165, 1.54) is 76.0 Å². The first-order valence-electron chi connectivity index (χ1n) is 37.0. The molecule has 3 aliphatic heterocycles. The highest BCUT2D eigenvalue weighted by Crippen LogP contribution is 2.42. The van der Waals surface area contributed by atoms with Crippen molar-refractivity contribution in [1.29, 1.82) is 0 Å². The van der Waals surface area contributed by atoms with Crippen molar-refractivity contribution < 1.29 is 84.2 Å². The molecule has 3 heterocycles. The van der Waals surface area contributed by atoms with Crippen molar-refractivity contribution in [1.82, 2.24) is 60.0 Å². The highest BCUT2D eigenvalue weighted by Gasteiger charge is 2.54. The van der Waals surface area contributed by atoms with E-state index in [0.717, 1.165) is 24.5 Å². The molecule has 12 amide bonds. The van der Waals surface area contributed by atoms with Crippen LogP contribution in [-0.2, 0) is 62.3 Å². The van der Waals surface area contributed by atoms with Crippen LogP contribution in [0.25, 0.3) is 0 Å². The van der Waals surface area contributed by atoms with Gasteiger partial charge >= 0.3 is 6.18 Å². The number of nitrogens with one attached hydrogen (secondary N) is 3. The van der Waals surface area contributed by atoms with Crippen LogP contribution in [0.3, 0.4) is 0 Å². The first-order chi connectivity index (χ1) is 48.4. The number of fused-ring (bicyclic) bond motifs is 3. The minimum Gasteiger partial charge on any atom is -0.377 e. The predicted molar refractivity (Wildman–Crippen MR) is 374 cm³/mol. The summed E-state index contributed by atoms with van der Waals surface area (Å²) in [4.78, 5) is 190. The Kier molecular flexibility index (Phi) is 31.0. The highest BCUT2D eigenvalue weighted by atomic mass is 35.5. The number of carbonyl (C=O) groups excluding carboxylic acids is 12. The van der Waals surface area contributed by atoms with E-state index in [4.69, 9.17) is 16.3 Å². The molecule has 3 N–H and O–H groups in total. The molecular weight excluding hydrogens is 1370 g/mol. The number of alkyl halides is 6. The van der Waals surface area contributed by atoms with Gasteiger partial charge in [0.15, 0.2) is 0 Å². The largest absolute Gasteiger partial charge is 0.391 e. The lowest BCUT2D eigenvalue weighted by Crippen LogP contribution is -2.68. The molecule has 6 rings (SSSR count). The SMILES string of the molecule is CCO[C@@H]1C[C@H]2C(=O)NC3(CCC3)C(=O)N(C)[C@@H](C(CC)CC)C(=O)N(C)[C@H](C(=O)N(C)C)CC(=O)N(C)[C@@H](CC)C(=O)N[C@@H]([C@@H](C)CC)C(=O)N(C)CC(=O)N(C)[C@H]3C/C=C\CCN(C3=O)[C@@H](CC3CCC(C(F)(F)F)CC3)C(=O)N(C)CC(=O)N[C@@H](CCC3CC(F)C(Cl)C(F)C3)C(=O)N2C1. The number of halogens is 6. The Morgan fingerprint density at radius 2 is 1.30 bits per heavy atom. The number of likely N-dealkylation sites (N-methyl/N-ethyl adjacent to an activating group) is 7. The number of amides is 12. The van der Waals surface area contributed by atoms with Crippen LogP contribution in [0.5, 0.6) is 0 Å². The lowest BCUT2D eigenvalue weighted by molar-refractivity contribution is -0.184. The maximum absolute atomic E-state index is 15.5. The van der Waals surface area contributed by atoms with Crippen molar-refractivity contribution in [2.24, 2.45) is 29.6 Å². The number of rotatable bonds is 14. The molecule has 3 saturated carbocycles. The van der Waals surface area contributed by atoms with Gasteiger partial charge in [0, 0.05) is 82.5 Å². The summed E-state index contributed by atoms with van der Waals surface area (Å²) in [6, 6.07) is -10.9. The maximum atomic E-state index is 15.5. The van der Waals surface area contributed by atoms with E-state index in [-0.39, 0.29) is 116 Å². The Morgan fingerprint density at radius 3 is 1.85 bits per heavy atom. The van der Waals surface area contributed by atoms with Gasteiger partial charge in [-0.3, -0.25) is 57.5 Å². The first-order valence-corrected chi connectivity index (χ1v) is 37.4. The van der Waals surface area contributed by atoms with Gasteiger partial charge in [0.2, 0.25) is 70.9 Å². The zero-order valence-electron chi connectivity index (χ0n) is 62.7. The summed E-state index contributed by atoms with van der Waals surface area (Å²) < 4.78 is 78.8. The van der Waals surface area contributed by atoms with E-state index < -0.39 is 204 Å². The number of carbonyl (C=O) groups is 12. The van der Waals surface area contributed by atoms with Crippen molar-refractivity contribution in [3.63, 3.8) is 0 Å². The molecule has 0 radical (unpaired) electrons. The highest BCUT2D eigenvalue weighted by molar-refractivity contribution is 6.21. The third-order valence-corrected chi connectivity index (χ3v) is 23.3. The number of hydrogen-bond donors (Lipinski definition) is 3. The van der Waals surface area contributed by atoms with Crippen molar-refractivity contribution in [3.05, 3.63) is 12.2 Å². The van der Waals surface area contributed by atoms with Crippen LogP contribution in [0.2, 0.25) is 0 Å². The monoisotopic (exact) mass is 1480 g/mol. The molecule has 0 aromatic heterocycles. The van der Waals surface area contributed by atoms with Crippen LogP contribution >= 0.6 is 11.6 Å². The third kappa shape index (κ3) is 20.7. The van der Waals surface area contributed by atoms with Gasteiger partial charge < -0.3 is 64.8 Å². The summed E-state index contributed by atoms with van der Waals surface area (Å²) in [6.07, 6.45) is -5.19. The Bertz CT molecular complexity index is 3030. The molecule has 31 heteroatoms. The van der Waals surface area contributed by atoms with E-state index in [0.29, 0.717) is 25.7 Å². The molecule has 3 aliphatic carbocycles. The summed E-state index contributed by atoms with van der Waals surface area (Å²) in [5, 5.41) is 7.12. The van der Waals surface area contributed by atoms with Gasteiger partial charge in [-0.25, -0.2) is 8.78 Å². The van der Waals surface area contributed by atoms with Gasteiger partial charge in [-0.15, -0.1) is 11.6 Å². The molecule has 2 saturated heterocycles. The molecule has 5 fully saturated rings. The van der Waals surface area contributed by atoms with Gasteiger partial charge in [0.05, 0.1) is 36.9 Å². The van der Waals surface area contributed by atoms with Crippen LogP contribution in [0, 0.1) is 29.6 Å². The number of ether oxygens (including phenoxy) is 1. The Hall–Kier alpha value is -6.72. The summed E-state index contributed by atoms with van der Waals surface area (Å²) in [6.45, 7) is 8.98. The van der Waals surface area contributed by atoms with E-state index in [1.54, 1.807) is 39.8 Å². The standard InChI is InChI=1S/C72H114ClF5N12O13/c1-15-42(6)60-68(100)84(10)41-58(93)86(12)52-24-21-20-22-33-89(67(52)99)55(36-43-25-28-46(29-26-43)72(76,77)78)66(98)83(9)40-56(91)79-50(30-27-44-34-48(74)59(73)49(75)35-44)64(96)90-39-47(103-19-5)37-53(90)63(95)81-71(31-23-32-71)70(102)88(14)61(45(16-2)17-3)69(101)87(13)54(65(97)82(7)8)38-57(92)85(11)51(18-4)62(94)80-60/h20-21,42-55,59-61H,15-19,22-41H2,1-14H3,(H,79,91)(H,80,94)(H,81,95)/b21-20-/t42-,43?,44?,46?,47+,48?,49?,50-,51-,52-,53-,54-,55-,59?,60-,61-/m0/s1. The average Bonchev–Trinajstić information content (AvgIpc) is 1.64. The Morgan fingerprint density at radius 1 is 0.680 bits per heavy atom. The lowest BCUT2D eigenvalue weighted by Gasteiger charge is -2.47. The van der Waals surface area contributed by atoms with Crippen molar-refractivity contribution in [2.45, 2.75) is 254 Å². The van der Waals surface area contributed by atoms with E-state index >= 15 is 37.5 Å². The van der Waals surface area contributed by atoms with Crippen LogP contribution in [0.4, 0.5) is 22.0 Å². The number of hydrogen-bond acceptors (Lipinski definition) is 13. The van der Waals surface area contributed by atoms with Crippen molar-refractivity contribution in [3.8, 4) is 0 Å². The fourth-order valence-electron chi connectivity index (χ4n) is 15.8. The molecule has 12 atom stereocenters. The van der Waals surface area contributed by atoms with E-state index in [2.05, 4.69) is 16.0 Å². The van der Waals surface area contributed by atoms with Gasteiger partial charge in [0.25, 0.3) is 0 Å². The topological polar surface area (TPSA) is 279 Å². The molecule has 6 aliphatic rings. The molecule has 103 heavy (non-hydrogen) atoms. The zero-order chi connectivity index (χ0) is 76.9. The molecule has 0 aromatic rings. The van der Waals surface area contributed by atoms with Gasteiger partial charge in [-0.05, 0) is 127 Å². The van der Waals surface area contributed by atoms with Crippen LogP contribution < -0.4 is 16.0 Å². The fourth-order valence-corrected chi connectivity index (χ4v) is 16.0. The second-order valence-electron chi connectivity index (χ2n) is 29.8. The summed E-state index contributed by atoms with van der Waals surface area (Å²) >= 11 is 6.08. The molecule has 1 spiro atoms. The fraction of sp³-hybridized carbons (Fsp3) is 0.806. The van der Waals surface area contributed by atoms with Crippen LogP contribution in [-0.4, -0.2) is 288 Å². The van der Waals surface area contributed by atoms with E-state index in [9.17, 15) is 41.9 Å². The quantitative estimate of drug-likeness (QED) is 0.112. The smallest absolute Gasteiger partial charge is 0.377 e. The molecule has 0 aromatic carbocycles. The summed E-state index contributed by atoms with van der Waals surface area (Å²) in [7, 11) is 11.0. The summed E-state index contributed by atoms with van der Waals surface area (Å²) in [5.41, 5.74) is -1.63. The molecule has 582 valence electrons. The summed E-state index contributed by atoms with van der Waals surface area (Å²) in [5.74, 6) is -12.8. The number of nitrogens with zero attached hydrogens (tertiary/aromatic N) is 9. The van der Waals surface area contributed by atoms with E-state index in [1.807, 2.05) is 13.8 Å². The normalized spacial score (nSPS) is 31.8. The van der Waals surface area contributed by atoms with Crippen LogP contribution in [0.15, 0.2) is 12.2 Å². The predicted octanol–water partition coefficient (Wildman–Crippen LogP) is 5.39. The Labute approximate surface area is 609 Å². The second kappa shape index (κ2) is 37.5. The molecule has 2 unspecified atom stereocenters. The third-order valence-electron chi connectivity index (χ3n) is 22.8. The minimum atomic E-state index is -4.47. The molecule has 25 nitrogen and oxygen atoms in total. The minimum absolute atomic E-state index is 0.0147. The zero-order valence-corrected chi connectivity index (χ0v) is 63.5. The van der Waals surface area contributed by atoms with Crippen LogP contribution in [0.1, 0.15) is 170 Å². The van der Waals surface area contributed by atoms with Gasteiger partial charge in [-0.2, -0.15) is 13.2 Å². The first kappa shape index (κ1) is 85.2. The van der Waals surface area contributed by atoms with Gasteiger partial charge in [0.1, 0.15) is 66.2 Å². The lowest BCUT2D eigenvalue weighted by atomic mass is 9.74. The van der Waals surface area contributed by atoms with Crippen molar-refractivity contribution in [2.75, 3.05) is 89.2 Å². The molecule has 2 bridgehead atoms. The molecular formula is C72H114ClF5N12O13. The Balaban J connectivity index is 1.47. The van der Waals surface area contributed by atoms with Gasteiger partial charge in [-0.1, -0.05) is 66.0 Å². The second-order valence-corrected chi connectivity index (χ2v) is 30.3. The average molecular weight is 1490 g/mol. The van der Waals surface area contributed by atoms with Crippen molar-refractivity contribution >= 4 is 82.5 Å². The maximum Gasteiger partial charge on any atom is 0.391 e.